The maximum absolute atomic E-state index is 8.44. The van der Waals surface area contributed by atoms with Gasteiger partial charge in [0, 0.05) is 0 Å². The van der Waals surface area contributed by atoms with Gasteiger partial charge in [0.05, 0.1) is 45.7 Å². The summed E-state index contributed by atoms with van der Waals surface area (Å²) in [6.45, 7) is 8.10. The Morgan fingerprint density at radius 3 is 2.31 bits per heavy atom. The summed E-state index contributed by atoms with van der Waals surface area (Å²) in [4.78, 5) is 0. The summed E-state index contributed by atoms with van der Waals surface area (Å²) in [5.41, 5.74) is 0. The summed E-state index contributed by atoms with van der Waals surface area (Å²) in [5.74, 6) is 0. The topological polar surface area (TPSA) is 47.9 Å². The first-order valence-electron chi connectivity index (χ1n) is 5.48. The Kier molecular flexibility index (Phi) is 11.9. The molecule has 0 fully saturated rings. The van der Waals surface area contributed by atoms with Crippen molar-refractivity contribution in [2.24, 2.45) is 0 Å². The summed E-state index contributed by atoms with van der Waals surface area (Å²) in [6, 6.07) is 0. The molecule has 0 saturated carbocycles. The molecule has 0 aliphatic carbocycles. The van der Waals surface area contributed by atoms with Crippen LogP contribution in [0.5, 0.6) is 0 Å². The van der Waals surface area contributed by atoms with E-state index in [1.54, 1.807) is 6.08 Å². The van der Waals surface area contributed by atoms with Crippen molar-refractivity contribution in [2.45, 2.75) is 13.0 Å². The third kappa shape index (κ3) is 9.86. The molecule has 1 unspecified atom stereocenters. The molecule has 0 saturated heterocycles. The molecule has 16 heavy (non-hydrogen) atoms. The highest BCUT2D eigenvalue weighted by molar-refractivity contribution is 4.97. The van der Waals surface area contributed by atoms with E-state index in [0.717, 1.165) is 0 Å². The number of aliphatic hydroxyl groups excluding tert-OH is 1. The second-order valence-corrected chi connectivity index (χ2v) is 3.05. The SMILES string of the molecule is C=CC(C=CC)OCCOCCOCCO. The van der Waals surface area contributed by atoms with Gasteiger partial charge in [-0.1, -0.05) is 18.2 Å². The molecular weight excluding hydrogens is 208 g/mol. The number of hydrogen-bond donors (Lipinski definition) is 1. The molecule has 4 nitrogen and oxygen atoms in total. The molecule has 0 heterocycles. The molecule has 0 aromatic rings. The van der Waals surface area contributed by atoms with Crippen LogP contribution in [0.3, 0.4) is 0 Å². The summed E-state index contributed by atoms with van der Waals surface area (Å²) >= 11 is 0. The van der Waals surface area contributed by atoms with Gasteiger partial charge < -0.3 is 19.3 Å². The van der Waals surface area contributed by atoms with Gasteiger partial charge in [-0.15, -0.1) is 6.58 Å². The number of hydrogen-bond acceptors (Lipinski definition) is 4. The van der Waals surface area contributed by atoms with E-state index in [-0.39, 0.29) is 12.7 Å². The number of rotatable bonds is 11. The van der Waals surface area contributed by atoms with Crippen molar-refractivity contribution in [1.82, 2.24) is 0 Å². The predicted molar refractivity (Wildman–Crippen MR) is 63.5 cm³/mol. The van der Waals surface area contributed by atoms with Crippen molar-refractivity contribution >= 4 is 0 Å². The van der Waals surface area contributed by atoms with Crippen LogP contribution in [0.15, 0.2) is 24.8 Å². The lowest BCUT2D eigenvalue weighted by Crippen LogP contribution is -2.14. The van der Waals surface area contributed by atoms with E-state index in [1.165, 1.54) is 0 Å². The minimum Gasteiger partial charge on any atom is -0.394 e. The molecule has 1 atom stereocenters. The van der Waals surface area contributed by atoms with Crippen LogP contribution in [0, 0.1) is 0 Å². The molecule has 0 aliphatic heterocycles. The van der Waals surface area contributed by atoms with Crippen molar-refractivity contribution in [3.63, 3.8) is 0 Å². The highest BCUT2D eigenvalue weighted by Gasteiger charge is 1.97. The van der Waals surface area contributed by atoms with E-state index in [2.05, 4.69) is 6.58 Å². The van der Waals surface area contributed by atoms with Crippen molar-refractivity contribution in [3.8, 4) is 0 Å². The first-order valence-corrected chi connectivity index (χ1v) is 5.48. The van der Waals surface area contributed by atoms with Gasteiger partial charge in [0.2, 0.25) is 0 Å². The highest BCUT2D eigenvalue weighted by atomic mass is 16.5. The van der Waals surface area contributed by atoms with E-state index in [0.29, 0.717) is 33.0 Å². The van der Waals surface area contributed by atoms with Crippen LogP contribution in [0.2, 0.25) is 0 Å². The van der Waals surface area contributed by atoms with Gasteiger partial charge in [-0.25, -0.2) is 0 Å². The summed E-state index contributed by atoms with van der Waals surface area (Å²) in [6.07, 6.45) is 5.55. The molecule has 0 bridgehead atoms. The Balaban J connectivity index is 3.22. The number of allylic oxidation sites excluding steroid dienone is 1. The third-order valence-electron chi connectivity index (χ3n) is 1.76. The van der Waals surface area contributed by atoms with Crippen molar-refractivity contribution < 1.29 is 19.3 Å². The van der Waals surface area contributed by atoms with Crippen molar-refractivity contribution in [2.75, 3.05) is 39.6 Å². The van der Waals surface area contributed by atoms with E-state index in [4.69, 9.17) is 19.3 Å². The number of aliphatic hydroxyl groups is 1. The van der Waals surface area contributed by atoms with Gasteiger partial charge in [0.25, 0.3) is 0 Å². The van der Waals surface area contributed by atoms with Gasteiger partial charge >= 0.3 is 0 Å². The first kappa shape index (κ1) is 15.3. The van der Waals surface area contributed by atoms with Crippen LogP contribution in [0.4, 0.5) is 0 Å². The quantitative estimate of drug-likeness (QED) is 0.427. The fourth-order valence-corrected chi connectivity index (χ4v) is 1.02. The lowest BCUT2D eigenvalue weighted by atomic mass is 10.3. The van der Waals surface area contributed by atoms with Crippen LogP contribution in [-0.2, 0) is 14.2 Å². The van der Waals surface area contributed by atoms with Gasteiger partial charge in [-0.2, -0.15) is 0 Å². The average Bonchev–Trinajstić information content (AvgIpc) is 2.31. The van der Waals surface area contributed by atoms with E-state index < -0.39 is 0 Å². The normalized spacial score (nSPS) is 13.1. The Bertz CT molecular complexity index is 180. The zero-order valence-electron chi connectivity index (χ0n) is 9.93. The van der Waals surface area contributed by atoms with Crippen LogP contribution >= 0.6 is 0 Å². The van der Waals surface area contributed by atoms with Crippen LogP contribution in [0.1, 0.15) is 6.92 Å². The van der Waals surface area contributed by atoms with Gasteiger partial charge in [-0.05, 0) is 6.92 Å². The fourth-order valence-electron chi connectivity index (χ4n) is 1.02. The zero-order valence-corrected chi connectivity index (χ0v) is 9.93. The summed E-state index contributed by atoms with van der Waals surface area (Å²) in [7, 11) is 0. The molecule has 4 heteroatoms. The van der Waals surface area contributed by atoms with E-state index in [1.807, 2.05) is 19.1 Å². The lowest BCUT2D eigenvalue weighted by molar-refractivity contribution is 0.00357. The Labute approximate surface area is 97.5 Å². The van der Waals surface area contributed by atoms with Crippen LogP contribution < -0.4 is 0 Å². The lowest BCUT2D eigenvalue weighted by Gasteiger charge is -2.10. The molecule has 0 aromatic heterocycles. The van der Waals surface area contributed by atoms with Crippen LogP contribution in [0.25, 0.3) is 0 Å². The molecule has 0 aliphatic rings. The van der Waals surface area contributed by atoms with Gasteiger partial charge in [0.15, 0.2) is 0 Å². The summed E-state index contributed by atoms with van der Waals surface area (Å²) < 4.78 is 15.7. The smallest absolute Gasteiger partial charge is 0.0935 e. The number of ether oxygens (including phenoxy) is 3. The fraction of sp³-hybridized carbons (Fsp3) is 0.667. The zero-order chi connectivity index (χ0) is 12.1. The third-order valence-corrected chi connectivity index (χ3v) is 1.76. The molecule has 0 radical (unpaired) electrons. The van der Waals surface area contributed by atoms with E-state index >= 15 is 0 Å². The maximum atomic E-state index is 8.44. The van der Waals surface area contributed by atoms with Crippen molar-refractivity contribution in [3.05, 3.63) is 24.8 Å². The molecular formula is C12H22O4. The largest absolute Gasteiger partial charge is 0.394 e. The Hall–Kier alpha value is -0.680. The average molecular weight is 230 g/mol. The van der Waals surface area contributed by atoms with Crippen LogP contribution in [-0.4, -0.2) is 50.9 Å². The molecule has 1 N–H and O–H groups in total. The second-order valence-electron chi connectivity index (χ2n) is 3.05. The predicted octanol–water partition coefficient (Wildman–Crippen LogP) is 1.16. The maximum Gasteiger partial charge on any atom is 0.0935 e. The minimum atomic E-state index is -0.0424. The molecule has 0 aromatic carbocycles. The monoisotopic (exact) mass is 230 g/mol. The van der Waals surface area contributed by atoms with E-state index in [9.17, 15) is 0 Å². The standard InChI is InChI=1S/C12H22O4/c1-3-5-12(4-2)16-11-10-15-9-8-14-7-6-13/h3-5,12-13H,2,6-11H2,1H3. The molecule has 0 rings (SSSR count). The van der Waals surface area contributed by atoms with Gasteiger partial charge in [-0.3, -0.25) is 0 Å². The molecule has 0 amide bonds. The Morgan fingerprint density at radius 1 is 1.12 bits per heavy atom. The van der Waals surface area contributed by atoms with Crippen molar-refractivity contribution in [1.29, 1.82) is 0 Å². The molecule has 94 valence electrons. The first-order chi connectivity index (χ1) is 7.85. The van der Waals surface area contributed by atoms with Gasteiger partial charge in [0.1, 0.15) is 0 Å². The highest BCUT2D eigenvalue weighted by Crippen LogP contribution is 1.95. The molecule has 0 spiro atoms. The minimum absolute atomic E-state index is 0.0424. The summed E-state index contributed by atoms with van der Waals surface area (Å²) in [5, 5.41) is 8.44. The Morgan fingerprint density at radius 2 is 1.75 bits per heavy atom. The second kappa shape index (κ2) is 12.4.